The summed E-state index contributed by atoms with van der Waals surface area (Å²) in [5.41, 5.74) is 0.479. The summed E-state index contributed by atoms with van der Waals surface area (Å²) >= 11 is 6.14. The standard InChI is InChI=1S/C15H22ClNO/c1-11(2)13(16)10-17-14(18)15(3,4)12-8-6-5-7-9-12/h5-9,11,13H,10H2,1-4H3,(H,17,18). The zero-order chi connectivity index (χ0) is 13.8. The number of alkyl halides is 1. The van der Waals surface area contributed by atoms with Gasteiger partial charge >= 0.3 is 0 Å². The molecule has 1 aromatic rings. The van der Waals surface area contributed by atoms with Gasteiger partial charge in [0, 0.05) is 6.54 Å². The Morgan fingerprint density at radius 3 is 2.33 bits per heavy atom. The number of hydrogen-bond donors (Lipinski definition) is 1. The lowest BCUT2D eigenvalue weighted by Gasteiger charge is -2.25. The van der Waals surface area contributed by atoms with Crippen molar-refractivity contribution < 1.29 is 4.79 Å². The van der Waals surface area contributed by atoms with E-state index in [9.17, 15) is 4.79 Å². The molecule has 0 saturated heterocycles. The Bertz CT molecular complexity index is 387. The van der Waals surface area contributed by atoms with Crippen molar-refractivity contribution in [1.82, 2.24) is 5.32 Å². The van der Waals surface area contributed by atoms with Crippen LogP contribution in [-0.4, -0.2) is 17.8 Å². The first kappa shape index (κ1) is 15.0. The summed E-state index contributed by atoms with van der Waals surface area (Å²) in [6, 6.07) is 9.79. The summed E-state index contributed by atoms with van der Waals surface area (Å²) in [6.07, 6.45) is 0. The van der Waals surface area contributed by atoms with Gasteiger partial charge in [-0.1, -0.05) is 44.2 Å². The number of nitrogens with one attached hydrogen (secondary N) is 1. The number of amides is 1. The normalized spacial score (nSPS) is 13.4. The van der Waals surface area contributed by atoms with Gasteiger partial charge in [0.1, 0.15) is 0 Å². The number of benzene rings is 1. The molecule has 1 unspecified atom stereocenters. The van der Waals surface area contributed by atoms with Crippen molar-refractivity contribution in [3.05, 3.63) is 35.9 Å². The van der Waals surface area contributed by atoms with Crippen molar-refractivity contribution in [3.8, 4) is 0 Å². The summed E-state index contributed by atoms with van der Waals surface area (Å²) in [7, 11) is 0. The van der Waals surface area contributed by atoms with Crippen LogP contribution in [0.1, 0.15) is 33.3 Å². The number of carbonyl (C=O) groups excluding carboxylic acids is 1. The van der Waals surface area contributed by atoms with Crippen LogP contribution in [0, 0.1) is 5.92 Å². The highest BCUT2D eigenvalue weighted by Gasteiger charge is 2.29. The molecule has 3 heteroatoms. The minimum atomic E-state index is -0.533. The third-order valence-corrected chi connectivity index (χ3v) is 3.90. The predicted octanol–water partition coefficient (Wildman–Crippen LogP) is 3.34. The first-order valence-electron chi connectivity index (χ1n) is 6.33. The highest BCUT2D eigenvalue weighted by molar-refractivity contribution is 6.21. The van der Waals surface area contributed by atoms with E-state index in [0.717, 1.165) is 5.56 Å². The maximum Gasteiger partial charge on any atom is 0.230 e. The monoisotopic (exact) mass is 267 g/mol. The Morgan fingerprint density at radius 2 is 1.83 bits per heavy atom. The Kier molecular flexibility index (Phi) is 5.21. The maximum atomic E-state index is 12.2. The molecule has 100 valence electrons. The molecule has 0 heterocycles. The fourth-order valence-electron chi connectivity index (χ4n) is 1.63. The summed E-state index contributed by atoms with van der Waals surface area (Å²) in [6.45, 7) is 8.46. The van der Waals surface area contributed by atoms with E-state index in [1.54, 1.807) is 0 Å². The fraction of sp³-hybridized carbons (Fsp3) is 0.533. The number of carbonyl (C=O) groups is 1. The van der Waals surface area contributed by atoms with Gasteiger partial charge in [0.05, 0.1) is 10.8 Å². The summed E-state index contributed by atoms with van der Waals surface area (Å²) in [5.74, 6) is 0.367. The van der Waals surface area contributed by atoms with E-state index in [-0.39, 0.29) is 11.3 Å². The molecule has 0 aromatic heterocycles. The first-order valence-corrected chi connectivity index (χ1v) is 6.77. The smallest absolute Gasteiger partial charge is 0.230 e. The average molecular weight is 268 g/mol. The van der Waals surface area contributed by atoms with Crippen LogP contribution in [0.5, 0.6) is 0 Å². The van der Waals surface area contributed by atoms with E-state index >= 15 is 0 Å². The molecule has 1 aromatic carbocycles. The van der Waals surface area contributed by atoms with E-state index in [2.05, 4.69) is 5.32 Å². The van der Waals surface area contributed by atoms with Crippen LogP contribution >= 0.6 is 11.6 Å². The summed E-state index contributed by atoms with van der Waals surface area (Å²) < 4.78 is 0. The second-order valence-electron chi connectivity index (χ2n) is 5.46. The topological polar surface area (TPSA) is 29.1 Å². The van der Waals surface area contributed by atoms with Crippen LogP contribution in [-0.2, 0) is 10.2 Å². The van der Waals surface area contributed by atoms with Gasteiger partial charge in [-0.15, -0.1) is 11.6 Å². The molecule has 2 nitrogen and oxygen atoms in total. The fourth-order valence-corrected chi connectivity index (χ4v) is 1.71. The lowest BCUT2D eigenvalue weighted by atomic mass is 9.83. The average Bonchev–Trinajstić information content (AvgIpc) is 2.36. The Hall–Kier alpha value is -1.02. The number of hydrogen-bond acceptors (Lipinski definition) is 1. The van der Waals surface area contributed by atoms with Crippen molar-refractivity contribution in [2.75, 3.05) is 6.54 Å². The quantitative estimate of drug-likeness (QED) is 0.815. The molecule has 0 aliphatic rings. The maximum absolute atomic E-state index is 12.2. The largest absolute Gasteiger partial charge is 0.354 e. The molecule has 0 aliphatic heterocycles. The lowest BCUT2D eigenvalue weighted by Crippen LogP contribution is -2.43. The van der Waals surface area contributed by atoms with Gasteiger partial charge in [-0.05, 0) is 25.3 Å². The van der Waals surface area contributed by atoms with Crippen LogP contribution in [0.2, 0.25) is 0 Å². The van der Waals surface area contributed by atoms with E-state index < -0.39 is 5.41 Å². The molecule has 1 amide bonds. The van der Waals surface area contributed by atoms with E-state index in [0.29, 0.717) is 12.5 Å². The van der Waals surface area contributed by atoms with Gasteiger partial charge < -0.3 is 5.32 Å². The SMILES string of the molecule is CC(C)C(Cl)CNC(=O)C(C)(C)c1ccccc1. The van der Waals surface area contributed by atoms with Crippen LogP contribution in [0.15, 0.2) is 30.3 Å². The van der Waals surface area contributed by atoms with E-state index in [1.807, 2.05) is 58.0 Å². The van der Waals surface area contributed by atoms with Crippen LogP contribution in [0.25, 0.3) is 0 Å². The van der Waals surface area contributed by atoms with Gasteiger partial charge in [0.25, 0.3) is 0 Å². The molecule has 18 heavy (non-hydrogen) atoms. The van der Waals surface area contributed by atoms with Crippen LogP contribution in [0.3, 0.4) is 0 Å². The summed E-state index contributed by atoms with van der Waals surface area (Å²) in [4.78, 5) is 12.2. The first-order chi connectivity index (χ1) is 8.35. The van der Waals surface area contributed by atoms with Gasteiger partial charge in [0.15, 0.2) is 0 Å². The zero-order valence-electron chi connectivity index (χ0n) is 11.5. The Morgan fingerprint density at radius 1 is 1.28 bits per heavy atom. The molecule has 0 radical (unpaired) electrons. The van der Waals surface area contributed by atoms with Crippen LogP contribution < -0.4 is 5.32 Å². The van der Waals surface area contributed by atoms with Gasteiger partial charge in [0.2, 0.25) is 5.91 Å². The molecule has 1 rings (SSSR count). The Balaban J connectivity index is 2.66. The molecule has 0 spiro atoms. The van der Waals surface area contributed by atoms with Gasteiger partial charge in [-0.25, -0.2) is 0 Å². The minimum absolute atomic E-state index is 0.0139. The number of rotatable bonds is 5. The van der Waals surface area contributed by atoms with Crippen molar-refractivity contribution in [1.29, 1.82) is 0 Å². The molecular formula is C15H22ClNO. The van der Waals surface area contributed by atoms with E-state index in [1.165, 1.54) is 0 Å². The molecule has 0 aliphatic carbocycles. The van der Waals surface area contributed by atoms with Gasteiger partial charge in [-0.3, -0.25) is 4.79 Å². The van der Waals surface area contributed by atoms with Crippen molar-refractivity contribution in [3.63, 3.8) is 0 Å². The molecular weight excluding hydrogens is 246 g/mol. The van der Waals surface area contributed by atoms with Crippen molar-refractivity contribution >= 4 is 17.5 Å². The Labute approximate surface area is 115 Å². The molecule has 0 saturated carbocycles. The lowest BCUT2D eigenvalue weighted by molar-refractivity contribution is -0.125. The highest BCUT2D eigenvalue weighted by Crippen LogP contribution is 2.23. The summed E-state index contributed by atoms with van der Waals surface area (Å²) in [5, 5.41) is 2.90. The molecule has 1 N–H and O–H groups in total. The zero-order valence-corrected chi connectivity index (χ0v) is 12.3. The highest BCUT2D eigenvalue weighted by atomic mass is 35.5. The molecule has 0 bridgehead atoms. The van der Waals surface area contributed by atoms with Crippen LogP contribution in [0.4, 0.5) is 0 Å². The second kappa shape index (κ2) is 6.24. The molecule has 0 fully saturated rings. The van der Waals surface area contributed by atoms with Gasteiger partial charge in [-0.2, -0.15) is 0 Å². The van der Waals surface area contributed by atoms with E-state index in [4.69, 9.17) is 11.6 Å². The van der Waals surface area contributed by atoms with Crippen molar-refractivity contribution in [2.24, 2.45) is 5.92 Å². The third-order valence-electron chi connectivity index (χ3n) is 3.24. The second-order valence-corrected chi connectivity index (χ2v) is 6.02. The van der Waals surface area contributed by atoms with Crippen molar-refractivity contribution in [2.45, 2.75) is 38.5 Å². The predicted molar refractivity (Wildman–Crippen MR) is 77.0 cm³/mol. The third kappa shape index (κ3) is 3.74. The minimum Gasteiger partial charge on any atom is -0.354 e. The molecule has 1 atom stereocenters. The number of halogens is 1.